The quantitative estimate of drug-likeness (QED) is 0.721. The van der Waals surface area contributed by atoms with Gasteiger partial charge >= 0.3 is 5.97 Å². The van der Waals surface area contributed by atoms with Crippen LogP contribution in [0.2, 0.25) is 0 Å². The molecule has 3 unspecified atom stereocenters. The topological polar surface area (TPSA) is 38.3 Å². The first-order valence-corrected chi connectivity index (χ1v) is 9.47. The summed E-state index contributed by atoms with van der Waals surface area (Å²) in [6.45, 7) is 11.3. The fourth-order valence-corrected chi connectivity index (χ4v) is 4.16. The van der Waals surface area contributed by atoms with Crippen LogP contribution in [0.3, 0.4) is 0 Å². The van der Waals surface area contributed by atoms with E-state index in [1.54, 1.807) is 11.8 Å². The van der Waals surface area contributed by atoms with E-state index in [1.807, 2.05) is 20.8 Å². The van der Waals surface area contributed by atoms with Gasteiger partial charge in [0.15, 0.2) is 0 Å². The lowest BCUT2D eigenvalue weighted by Crippen LogP contribution is -2.43. The first kappa shape index (κ1) is 18.8. The van der Waals surface area contributed by atoms with E-state index in [-0.39, 0.29) is 11.6 Å². The highest BCUT2D eigenvalue weighted by atomic mass is 32.2. The molecule has 1 rings (SSSR count). The second-order valence-corrected chi connectivity index (χ2v) is 8.31. The minimum Gasteiger partial charge on any atom is -0.459 e. The van der Waals surface area contributed by atoms with Crippen molar-refractivity contribution in [2.24, 2.45) is 5.92 Å². The maximum Gasteiger partial charge on any atom is 0.316 e. The second kappa shape index (κ2) is 9.04. The molecule has 1 fully saturated rings. The summed E-state index contributed by atoms with van der Waals surface area (Å²) in [6.07, 6.45) is 6.21. The average Bonchev–Trinajstić information content (AvgIpc) is 2.41. The fraction of sp³-hybridized carbons (Fsp3) is 0.941. The summed E-state index contributed by atoms with van der Waals surface area (Å²) in [5.41, 5.74) is -0.379. The Morgan fingerprint density at radius 3 is 2.57 bits per heavy atom. The van der Waals surface area contributed by atoms with E-state index in [4.69, 9.17) is 4.74 Å². The smallest absolute Gasteiger partial charge is 0.316 e. The van der Waals surface area contributed by atoms with Crippen molar-refractivity contribution in [3.63, 3.8) is 0 Å². The van der Waals surface area contributed by atoms with Gasteiger partial charge in [-0.3, -0.25) is 4.79 Å². The number of hydrogen-bond acceptors (Lipinski definition) is 4. The summed E-state index contributed by atoms with van der Waals surface area (Å²) in [4.78, 5) is 11.9. The Hall–Kier alpha value is -0.220. The van der Waals surface area contributed by atoms with E-state index >= 15 is 0 Å². The van der Waals surface area contributed by atoms with Crippen LogP contribution in [0.1, 0.15) is 66.7 Å². The molecule has 0 radical (unpaired) electrons. The number of carbonyl (C=O) groups excluding carboxylic acids is 1. The number of thioether (sulfide) groups is 1. The summed E-state index contributed by atoms with van der Waals surface area (Å²) >= 11 is 1.79. The molecule has 0 aliphatic heterocycles. The van der Waals surface area contributed by atoms with E-state index in [1.165, 1.54) is 25.7 Å². The van der Waals surface area contributed by atoms with Crippen molar-refractivity contribution < 1.29 is 9.53 Å². The van der Waals surface area contributed by atoms with Crippen molar-refractivity contribution in [2.75, 3.05) is 12.3 Å². The number of esters is 1. The highest BCUT2D eigenvalue weighted by Gasteiger charge is 2.30. The Bertz CT molecular complexity index is 314. The van der Waals surface area contributed by atoms with Crippen LogP contribution in [-0.4, -0.2) is 35.2 Å². The molecule has 21 heavy (non-hydrogen) atoms. The van der Waals surface area contributed by atoms with Gasteiger partial charge in [-0.2, -0.15) is 0 Å². The van der Waals surface area contributed by atoms with E-state index < -0.39 is 0 Å². The van der Waals surface area contributed by atoms with Crippen LogP contribution in [0.15, 0.2) is 0 Å². The predicted molar refractivity (Wildman–Crippen MR) is 91.8 cm³/mol. The van der Waals surface area contributed by atoms with Crippen LogP contribution >= 0.6 is 11.8 Å². The molecule has 3 atom stereocenters. The summed E-state index contributed by atoms with van der Waals surface area (Å²) in [7, 11) is 0. The van der Waals surface area contributed by atoms with Gasteiger partial charge in [0, 0.05) is 11.3 Å². The maximum atomic E-state index is 11.9. The molecule has 1 aliphatic rings. The molecule has 0 heterocycles. The summed E-state index contributed by atoms with van der Waals surface area (Å²) < 4.78 is 5.42. The van der Waals surface area contributed by atoms with Gasteiger partial charge in [0.25, 0.3) is 0 Å². The Morgan fingerprint density at radius 1 is 1.29 bits per heavy atom. The van der Waals surface area contributed by atoms with Gasteiger partial charge in [-0.15, -0.1) is 11.8 Å². The van der Waals surface area contributed by atoms with E-state index in [0.717, 1.165) is 18.9 Å². The largest absolute Gasteiger partial charge is 0.459 e. The second-order valence-electron chi connectivity index (χ2n) is 7.08. The number of nitrogens with one attached hydrogen (secondary N) is 1. The minimum atomic E-state index is -0.379. The first-order chi connectivity index (χ1) is 9.85. The SMILES string of the molecule is CCCNC1CCC(CC)CC1SCC(=O)OC(C)(C)C. The third-order valence-electron chi connectivity index (χ3n) is 3.97. The number of carbonyl (C=O) groups is 1. The summed E-state index contributed by atoms with van der Waals surface area (Å²) in [5.74, 6) is 1.21. The van der Waals surface area contributed by atoms with Crippen molar-refractivity contribution >= 4 is 17.7 Å². The molecule has 3 nitrogen and oxygen atoms in total. The lowest BCUT2D eigenvalue weighted by atomic mass is 9.84. The zero-order chi connectivity index (χ0) is 15.9. The van der Waals surface area contributed by atoms with Gasteiger partial charge in [-0.05, 0) is 58.9 Å². The molecule has 124 valence electrons. The van der Waals surface area contributed by atoms with Crippen molar-refractivity contribution in [1.82, 2.24) is 5.32 Å². The first-order valence-electron chi connectivity index (χ1n) is 8.42. The van der Waals surface area contributed by atoms with Gasteiger partial charge in [0.2, 0.25) is 0 Å². The standard InChI is InChI=1S/C17H33NO2S/c1-6-10-18-14-9-8-13(7-2)11-15(14)21-12-16(19)20-17(3,4)5/h13-15,18H,6-12H2,1-5H3. The van der Waals surface area contributed by atoms with Gasteiger partial charge < -0.3 is 10.1 Å². The Balaban J connectivity index is 2.47. The molecule has 0 aromatic carbocycles. The van der Waals surface area contributed by atoms with Gasteiger partial charge in [-0.1, -0.05) is 20.3 Å². The van der Waals surface area contributed by atoms with E-state index in [2.05, 4.69) is 19.2 Å². The lowest BCUT2D eigenvalue weighted by Gasteiger charge is -2.36. The number of ether oxygens (including phenoxy) is 1. The molecule has 0 spiro atoms. The van der Waals surface area contributed by atoms with Gasteiger partial charge in [-0.25, -0.2) is 0 Å². The molecule has 1 N–H and O–H groups in total. The zero-order valence-electron chi connectivity index (χ0n) is 14.4. The minimum absolute atomic E-state index is 0.0830. The van der Waals surface area contributed by atoms with Crippen molar-refractivity contribution in [3.8, 4) is 0 Å². The zero-order valence-corrected chi connectivity index (χ0v) is 15.2. The molecule has 1 aliphatic carbocycles. The highest BCUT2D eigenvalue weighted by Crippen LogP contribution is 2.34. The molecule has 0 aromatic heterocycles. The molecule has 0 bridgehead atoms. The third-order valence-corrected chi connectivity index (χ3v) is 5.32. The van der Waals surface area contributed by atoms with Crippen molar-refractivity contribution in [3.05, 3.63) is 0 Å². The summed E-state index contributed by atoms with van der Waals surface area (Å²) in [5, 5.41) is 4.21. The molecular formula is C17H33NO2S. The lowest BCUT2D eigenvalue weighted by molar-refractivity contribution is -0.151. The Labute approximate surface area is 135 Å². The van der Waals surface area contributed by atoms with Crippen LogP contribution in [0.4, 0.5) is 0 Å². The molecule has 0 aromatic rings. The van der Waals surface area contributed by atoms with E-state index in [0.29, 0.717) is 17.0 Å². The normalized spacial score (nSPS) is 26.6. The van der Waals surface area contributed by atoms with Crippen molar-refractivity contribution in [1.29, 1.82) is 0 Å². The number of hydrogen-bond donors (Lipinski definition) is 1. The van der Waals surface area contributed by atoms with Crippen LogP contribution in [0, 0.1) is 5.92 Å². The fourth-order valence-electron chi connectivity index (χ4n) is 2.88. The van der Waals surface area contributed by atoms with Gasteiger partial charge in [0.05, 0.1) is 5.75 Å². The predicted octanol–water partition coefficient (Wildman–Crippen LogP) is 4.01. The van der Waals surface area contributed by atoms with Crippen LogP contribution in [-0.2, 0) is 9.53 Å². The Morgan fingerprint density at radius 2 is 2.00 bits per heavy atom. The van der Waals surface area contributed by atoms with Crippen molar-refractivity contribution in [2.45, 2.75) is 83.6 Å². The molecule has 0 amide bonds. The van der Waals surface area contributed by atoms with Crippen LogP contribution in [0.5, 0.6) is 0 Å². The maximum absolute atomic E-state index is 11.9. The summed E-state index contributed by atoms with van der Waals surface area (Å²) in [6, 6.07) is 0.556. The third kappa shape index (κ3) is 7.55. The average molecular weight is 316 g/mol. The monoisotopic (exact) mass is 315 g/mol. The molecule has 1 saturated carbocycles. The van der Waals surface area contributed by atoms with E-state index in [9.17, 15) is 4.79 Å². The molecule has 4 heteroatoms. The van der Waals surface area contributed by atoms with Crippen LogP contribution in [0.25, 0.3) is 0 Å². The number of rotatable bonds is 7. The highest BCUT2D eigenvalue weighted by molar-refractivity contribution is 8.00. The van der Waals surface area contributed by atoms with Gasteiger partial charge in [0.1, 0.15) is 5.60 Å². The molecular weight excluding hydrogens is 282 g/mol. The molecule has 0 saturated heterocycles. The van der Waals surface area contributed by atoms with Crippen LogP contribution < -0.4 is 5.32 Å². The Kier molecular flexibility index (Phi) is 8.10.